The molecule has 0 saturated carbocycles. The van der Waals surface area contributed by atoms with Crippen molar-refractivity contribution in [1.82, 2.24) is 9.97 Å². The van der Waals surface area contributed by atoms with E-state index in [-0.39, 0.29) is 5.69 Å². The van der Waals surface area contributed by atoms with Gasteiger partial charge in [-0.2, -0.15) is 0 Å². The summed E-state index contributed by atoms with van der Waals surface area (Å²) in [4.78, 5) is 18.8. The maximum Gasteiger partial charge on any atom is 0.329 e. The number of nitro groups is 1. The van der Waals surface area contributed by atoms with Crippen LogP contribution in [-0.2, 0) is 0 Å². The Kier molecular flexibility index (Phi) is 2.18. The molecule has 0 saturated heterocycles. The van der Waals surface area contributed by atoms with Gasteiger partial charge in [0, 0.05) is 14.1 Å². The topological polar surface area (TPSA) is 72.2 Å². The van der Waals surface area contributed by atoms with Gasteiger partial charge in [-0.25, -0.2) is 9.97 Å². The van der Waals surface area contributed by atoms with Crippen molar-refractivity contribution >= 4 is 11.5 Å². The normalized spacial score (nSPS) is 9.50. The minimum absolute atomic E-state index is 0.0810. The molecule has 1 aromatic heterocycles. The van der Waals surface area contributed by atoms with Gasteiger partial charge >= 0.3 is 5.69 Å². The number of hydrogen-bond acceptors (Lipinski definition) is 5. The lowest BCUT2D eigenvalue weighted by molar-refractivity contribution is -0.384. The van der Waals surface area contributed by atoms with E-state index in [2.05, 4.69) is 9.97 Å². The van der Waals surface area contributed by atoms with Crippen molar-refractivity contribution in [3.8, 4) is 0 Å². The SMILES string of the molecule is CN(C)c1ncncc1[N+](=O)[O-]. The van der Waals surface area contributed by atoms with Gasteiger partial charge in [-0.1, -0.05) is 0 Å². The summed E-state index contributed by atoms with van der Waals surface area (Å²) in [7, 11) is 3.38. The molecule has 0 aliphatic carbocycles. The van der Waals surface area contributed by atoms with Crippen LogP contribution in [0.15, 0.2) is 12.5 Å². The molecule has 12 heavy (non-hydrogen) atoms. The van der Waals surface area contributed by atoms with Crippen molar-refractivity contribution in [2.75, 3.05) is 19.0 Å². The fourth-order valence-electron chi connectivity index (χ4n) is 0.789. The van der Waals surface area contributed by atoms with Crippen molar-refractivity contribution in [1.29, 1.82) is 0 Å². The van der Waals surface area contributed by atoms with E-state index in [9.17, 15) is 10.1 Å². The summed E-state index contributed by atoms with van der Waals surface area (Å²) in [6.07, 6.45) is 2.46. The summed E-state index contributed by atoms with van der Waals surface area (Å²) in [6, 6.07) is 0. The summed E-state index contributed by atoms with van der Waals surface area (Å²) in [5, 5.41) is 10.4. The first-order chi connectivity index (χ1) is 5.63. The van der Waals surface area contributed by atoms with E-state index in [1.165, 1.54) is 12.5 Å². The molecule has 0 atom stereocenters. The number of anilines is 1. The quantitative estimate of drug-likeness (QED) is 0.473. The van der Waals surface area contributed by atoms with Crippen LogP contribution in [0.5, 0.6) is 0 Å². The Morgan fingerprint density at radius 1 is 1.58 bits per heavy atom. The molecule has 0 spiro atoms. The third-order valence-electron chi connectivity index (χ3n) is 1.29. The minimum Gasteiger partial charge on any atom is -0.357 e. The van der Waals surface area contributed by atoms with Crippen LogP contribution in [-0.4, -0.2) is 29.0 Å². The summed E-state index contributed by atoms with van der Waals surface area (Å²) in [5.41, 5.74) is -0.0810. The fourth-order valence-corrected chi connectivity index (χ4v) is 0.789. The smallest absolute Gasteiger partial charge is 0.329 e. The second-order valence-corrected chi connectivity index (χ2v) is 2.38. The lowest BCUT2D eigenvalue weighted by Crippen LogP contribution is -2.12. The highest BCUT2D eigenvalue weighted by atomic mass is 16.6. The van der Waals surface area contributed by atoms with Gasteiger partial charge in [-0.3, -0.25) is 10.1 Å². The molecule has 1 rings (SSSR count). The Labute approximate surface area is 69.0 Å². The Hall–Kier alpha value is -1.72. The molecule has 0 amide bonds. The molecule has 0 bridgehead atoms. The van der Waals surface area contributed by atoms with Crippen molar-refractivity contribution < 1.29 is 4.92 Å². The average molecular weight is 168 g/mol. The lowest BCUT2D eigenvalue weighted by Gasteiger charge is -2.09. The molecule has 0 unspecified atom stereocenters. The zero-order valence-corrected chi connectivity index (χ0v) is 6.76. The van der Waals surface area contributed by atoms with Gasteiger partial charge in [0.05, 0.1) is 4.92 Å². The highest BCUT2D eigenvalue weighted by Gasteiger charge is 2.15. The third-order valence-corrected chi connectivity index (χ3v) is 1.29. The predicted molar refractivity (Wildman–Crippen MR) is 43.0 cm³/mol. The molecule has 1 heterocycles. The van der Waals surface area contributed by atoms with E-state index in [0.717, 1.165) is 0 Å². The van der Waals surface area contributed by atoms with Crippen molar-refractivity contribution in [3.63, 3.8) is 0 Å². The molecule has 1 aromatic rings. The van der Waals surface area contributed by atoms with Crippen LogP contribution in [0.25, 0.3) is 0 Å². The highest BCUT2D eigenvalue weighted by Crippen LogP contribution is 2.20. The molecule has 6 heteroatoms. The first kappa shape index (κ1) is 8.38. The van der Waals surface area contributed by atoms with Gasteiger partial charge in [0.1, 0.15) is 12.5 Å². The number of nitrogens with zero attached hydrogens (tertiary/aromatic N) is 4. The highest BCUT2D eigenvalue weighted by molar-refractivity contribution is 5.54. The van der Waals surface area contributed by atoms with Crippen LogP contribution in [0.3, 0.4) is 0 Å². The van der Waals surface area contributed by atoms with Gasteiger partial charge in [-0.05, 0) is 0 Å². The van der Waals surface area contributed by atoms with Gasteiger partial charge in [0.2, 0.25) is 5.82 Å². The standard InChI is InChI=1S/C6H8N4O2/c1-9(2)6-5(10(11)12)3-7-4-8-6/h3-4H,1-2H3. The first-order valence-electron chi connectivity index (χ1n) is 3.24. The predicted octanol–water partition coefficient (Wildman–Crippen LogP) is 0.451. The monoisotopic (exact) mass is 168 g/mol. The number of aromatic nitrogens is 2. The lowest BCUT2D eigenvalue weighted by atomic mass is 10.4. The molecular formula is C6H8N4O2. The second kappa shape index (κ2) is 3.12. The maximum atomic E-state index is 10.4. The van der Waals surface area contributed by atoms with Crippen molar-refractivity contribution in [2.24, 2.45) is 0 Å². The maximum absolute atomic E-state index is 10.4. The van der Waals surface area contributed by atoms with E-state index < -0.39 is 4.92 Å². The van der Waals surface area contributed by atoms with Crippen LogP contribution in [0.1, 0.15) is 0 Å². The molecule has 0 aliphatic rings. The second-order valence-electron chi connectivity index (χ2n) is 2.38. The molecule has 64 valence electrons. The molecule has 6 nitrogen and oxygen atoms in total. The number of rotatable bonds is 2. The summed E-state index contributed by atoms with van der Waals surface area (Å²) in [6.45, 7) is 0. The molecule has 0 radical (unpaired) electrons. The van der Waals surface area contributed by atoms with E-state index in [1.807, 2.05) is 0 Å². The Balaban J connectivity index is 3.17. The Bertz CT molecular complexity index is 299. The van der Waals surface area contributed by atoms with Gasteiger partial charge < -0.3 is 4.90 Å². The molecular weight excluding hydrogens is 160 g/mol. The van der Waals surface area contributed by atoms with Crippen LogP contribution in [0.2, 0.25) is 0 Å². The largest absolute Gasteiger partial charge is 0.357 e. The Morgan fingerprint density at radius 3 is 2.67 bits per heavy atom. The zero-order valence-electron chi connectivity index (χ0n) is 6.76. The molecule has 0 N–H and O–H groups in total. The van der Waals surface area contributed by atoms with E-state index in [1.54, 1.807) is 19.0 Å². The van der Waals surface area contributed by atoms with E-state index in [0.29, 0.717) is 5.82 Å². The van der Waals surface area contributed by atoms with Crippen LogP contribution >= 0.6 is 0 Å². The fraction of sp³-hybridized carbons (Fsp3) is 0.333. The first-order valence-corrected chi connectivity index (χ1v) is 3.24. The number of hydrogen-bond donors (Lipinski definition) is 0. The molecule has 0 aromatic carbocycles. The molecule has 0 fully saturated rings. The van der Waals surface area contributed by atoms with Crippen molar-refractivity contribution in [2.45, 2.75) is 0 Å². The van der Waals surface area contributed by atoms with Crippen molar-refractivity contribution in [3.05, 3.63) is 22.6 Å². The third kappa shape index (κ3) is 1.47. The molecule has 0 aliphatic heterocycles. The average Bonchev–Trinajstić information content (AvgIpc) is 2.04. The zero-order chi connectivity index (χ0) is 9.14. The van der Waals surface area contributed by atoms with Gasteiger partial charge in [0.15, 0.2) is 0 Å². The Morgan fingerprint density at radius 2 is 2.25 bits per heavy atom. The van der Waals surface area contributed by atoms with Crippen LogP contribution < -0.4 is 4.90 Å². The van der Waals surface area contributed by atoms with Gasteiger partial charge in [-0.15, -0.1) is 0 Å². The van der Waals surface area contributed by atoms with E-state index >= 15 is 0 Å². The minimum atomic E-state index is -0.505. The van der Waals surface area contributed by atoms with Crippen LogP contribution in [0, 0.1) is 10.1 Å². The van der Waals surface area contributed by atoms with Crippen LogP contribution in [0.4, 0.5) is 11.5 Å². The summed E-state index contributed by atoms with van der Waals surface area (Å²) in [5.74, 6) is 0.315. The summed E-state index contributed by atoms with van der Waals surface area (Å²) < 4.78 is 0. The van der Waals surface area contributed by atoms with E-state index in [4.69, 9.17) is 0 Å². The summed E-state index contributed by atoms with van der Waals surface area (Å²) >= 11 is 0. The van der Waals surface area contributed by atoms with Gasteiger partial charge in [0.25, 0.3) is 0 Å².